The van der Waals surface area contributed by atoms with Gasteiger partial charge in [0, 0.05) is 42.9 Å². The molecule has 2 aromatic rings. The number of likely N-dealkylation sites (tertiary alicyclic amines) is 1. The maximum atomic E-state index is 14.0. The monoisotopic (exact) mass is 370 g/mol. The number of carbonyl (C=O) groups is 1. The van der Waals surface area contributed by atoms with Gasteiger partial charge in [-0.05, 0) is 32.4 Å². The molecule has 0 spiro atoms. The van der Waals surface area contributed by atoms with Crippen LogP contribution in [0.3, 0.4) is 0 Å². The van der Waals surface area contributed by atoms with Gasteiger partial charge >= 0.3 is 6.09 Å². The first-order valence-corrected chi connectivity index (χ1v) is 8.91. The number of nitrogens with zero attached hydrogens (tertiary/aromatic N) is 4. The van der Waals surface area contributed by atoms with Crippen LogP contribution in [0.25, 0.3) is 11.1 Å². The molecule has 0 saturated carbocycles. The molecule has 1 aliphatic rings. The molecule has 1 amide bonds. The van der Waals surface area contributed by atoms with Crippen molar-refractivity contribution in [1.82, 2.24) is 14.7 Å². The van der Waals surface area contributed by atoms with Crippen molar-refractivity contribution in [1.29, 1.82) is 5.26 Å². The van der Waals surface area contributed by atoms with E-state index in [4.69, 9.17) is 10.00 Å². The van der Waals surface area contributed by atoms with Gasteiger partial charge in [-0.3, -0.25) is 4.68 Å². The molecule has 2 heterocycles. The summed E-state index contributed by atoms with van der Waals surface area (Å²) in [6, 6.07) is 6.82. The van der Waals surface area contributed by atoms with Crippen LogP contribution in [-0.2, 0) is 17.7 Å². The second kappa shape index (κ2) is 7.39. The number of carbonyl (C=O) groups excluding carboxylic acids is 1. The second-order valence-corrected chi connectivity index (χ2v) is 7.84. The van der Waals surface area contributed by atoms with Gasteiger partial charge in [0.05, 0.1) is 18.7 Å². The topological polar surface area (TPSA) is 71.2 Å². The Labute approximate surface area is 158 Å². The molecule has 6 nitrogen and oxygen atoms in total. The predicted molar refractivity (Wildman–Crippen MR) is 98.2 cm³/mol. The van der Waals surface area contributed by atoms with Gasteiger partial charge in [-0.15, -0.1) is 0 Å². The summed E-state index contributed by atoms with van der Waals surface area (Å²) in [5, 5.41) is 13.0. The Kier molecular flexibility index (Phi) is 5.17. The highest BCUT2D eigenvalue weighted by atomic mass is 19.1. The molecular weight excluding hydrogens is 347 g/mol. The van der Waals surface area contributed by atoms with Crippen LogP contribution in [0.5, 0.6) is 0 Å². The van der Waals surface area contributed by atoms with Crippen LogP contribution >= 0.6 is 0 Å². The Balaban J connectivity index is 1.56. The summed E-state index contributed by atoms with van der Waals surface area (Å²) >= 11 is 0. The Hall–Kier alpha value is -2.88. The second-order valence-electron chi connectivity index (χ2n) is 7.84. The number of hydrogen-bond donors (Lipinski definition) is 0. The SMILES string of the molecule is CC(C)(C)OC(=O)N1CC(Cn2cc(-c3ccc(CC#N)c(F)c3)cn2)C1. The summed E-state index contributed by atoms with van der Waals surface area (Å²) in [6.45, 7) is 7.52. The van der Waals surface area contributed by atoms with E-state index in [2.05, 4.69) is 5.10 Å². The van der Waals surface area contributed by atoms with Crippen molar-refractivity contribution < 1.29 is 13.9 Å². The van der Waals surface area contributed by atoms with Crippen LogP contribution in [0.1, 0.15) is 26.3 Å². The minimum atomic E-state index is -0.489. The summed E-state index contributed by atoms with van der Waals surface area (Å²) in [5.41, 5.74) is 1.45. The number of ether oxygens (including phenoxy) is 1. The van der Waals surface area contributed by atoms with E-state index in [9.17, 15) is 9.18 Å². The Morgan fingerprint density at radius 2 is 2.11 bits per heavy atom. The maximum Gasteiger partial charge on any atom is 0.410 e. The Morgan fingerprint density at radius 1 is 1.37 bits per heavy atom. The average molecular weight is 370 g/mol. The van der Waals surface area contributed by atoms with Gasteiger partial charge < -0.3 is 9.64 Å². The molecule has 1 aromatic heterocycles. The van der Waals surface area contributed by atoms with Crippen molar-refractivity contribution in [3.8, 4) is 17.2 Å². The van der Waals surface area contributed by atoms with Crippen molar-refractivity contribution in [2.75, 3.05) is 13.1 Å². The van der Waals surface area contributed by atoms with E-state index >= 15 is 0 Å². The van der Waals surface area contributed by atoms with E-state index in [-0.39, 0.29) is 18.3 Å². The first kappa shape index (κ1) is 18.9. The van der Waals surface area contributed by atoms with Gasteiger partial charge in [0.15, 0.2) is 0 Å². The molecule has 0 N–H and O–H groups in total. The van der Waals surface area contributed by atoms with Crippen LogP contribution in [0.15, 0.2) is 30.6 Å². The van der Waals surface area contributed by atoms with E-state index in [1.165, 1.54) is 6.07 Å². The molecule has 27 heavy (non-hydrogen) atoms. The summed E-state index contributed by atoms with van der Waals surface area (Å²) in [7, 11) is 0. The standard InChI is InChI=1S/C20H23FN4O2/c1-20(2,3)27-19(26)24-10-14(11-24)12-25-13-17(9-23-25)16-5-4-15(6-7-22)18(21)8-16/h4-5,8-9,13-14H,6,10-12H2,1-3H3. The van der Waals surface area contributed by atoms with E-state index in [0.29, 0.717) is 31.1 Å². The lowest BCUT2D eigenvalue weighted by atomic mass is 10.0. The zero-order chi connectivity index (χ0) is 19.6. The van der Waals surface area contributed by atoms with Crippen molar-refractivity contribution >= 4 is 6.09 Å². The van der Waals surface area contributed by atoms with E-state index in [1.807, 2.05) is 37.7 Å². The van der Waals surface area contributed by atoms with Crippen LogP contribution in [-0.4, -0.2) is 39.5 Å². The van der Waals surface area contributed by atoms with Gasteiger partial charge in [-0.25, -0.2) is 9.18 Å². The van der Waals surface area contributed by atoms with Crippen molar-refractivity contribution in [2.24, 2.45) is 5.92 Å². The zero-order valence-corrected chi connectivity index (χ0v) is 15.8. The third-order valence-corrected chi connectivity index (χ3v) is 4.34. The molecule has 0 radical (unpaired) electrons. The normalized spacial score (nSPS) is 14.6. The number of benzene rings is 1. The van der Waals surface area contributed by atoms with Gasteiger partial charge in [0.1, 0.15) is 11.4 Å². The lowest BCUT2D eigenvalue weighted by molar-refractivity contribution is -0.00383. The lowest BCUT2D eigenvalue weighted by Gasteiger charge is -2.39. The van der Waals surface area contributed by atoms with Crippen LogP contribution in [0, 0.1) is 23.1 Å². The number of nitriles is 1. The van der Waals surface area contributed by atoms with Crippen molar-refractivity contribution in [2.45, 2.75) is 39.3 Å². The third-order valence-electron chi connectivity index (χ3n) is 4.34. The molecule has 0 bridgehead atoms. The summed E-state index contributed by atoms with van der Waals surface area (Å²) in [5.74, 6) is -0.0613. The fourth-order valence-corrected chi connectivity index (χ4v) is 2.99. The first-order valence-electron chi connectivity index (χ1n) is 8.91. The highest BCUT2D eigenvalue weighted by molar-refractivity contribution is 5.69. The largest absolute Gasteiger partial charge is 0.444 e. The molecule has 0 atom stereocenters. The molecule has 1 aliphatic heterocycles. The van der Waals surface area contributed by atoms with Crippen molar-refractivity contribution in [3.05, 3.63) is 42.0 Å². The number of hydrogen-bond acceptors (Lipinski definition) is 4. The molecule has 7 heteroatoms. The Morgan fingerprint density at radius 3 is 2.74 bits per heavy atom. The molecule has 1 aromatic carbocycles. The summed E-state index contributed by atoms with van der Waals surface area (Å²) in [4.78, 5) is 13.6. The zero-order valence-electron chi connectivity index (χ0n) is 15.8. The fraction of sp³-hybridized carbons (Fsp3) is 0.450. The van der Waals surface area contributed by atoms with Crippen LogP contribution in [0.4, 0.5) is 9.18 Å². The number of rotatable bonds is 4. The molecule has 0 aliphatic carbocycles. The lowest BCUT2D eigenvalue weighted by Crippen LogP contribution is -2.52. The molecular formula is C20H23FN4O2. The fourth-order valence-electron chi connectivity index (χ4n) is 2.99. The summed E-state index contributed by atoms with van der Waals surface area (Å²) in [6.07, 6.45) is 3.34. The smallest absolute Gasteiger partial charge is 0.410 e. The molecule has 0 unspecified atom stereocenters. The van der Waals surface area contributed by atoms with Gasteiger partial charge in [-0.1, -0.05) is 12.1 Å². The van der Waals surface area contributed by atoms with Gasteiger partial charge in [-0.2, -0.15) is 10.4 Å². The number of halogens is 1. The Bertz CT molecular complexity index is 873. The van der Waals surface area contributed by atoms with Gasteiger partial charge in [0.25, 0.3) is 0 Å². The number of aromatic nitrogens is 2. The highest BCUT2D eigenvalue weighted by Crippen LogP contribution is 2.24. The van der Waals surface area contributed by atoms with Crippen LogP contribution < -0.4 is 0 Å². The van der Waals surface area contributed by atoms with Crippen molar-refractivity contribution in [3.63, 3.8) is 0 Å². The molecule has 1 saturated heterocycles. The predicted octanol–water partition coefficient (Wildman–Crippen LogP) is 3.62. The highest BCUT2D eigenvalue weighted by Gasteiger charge is 2.33. The van der Waals surface area contributed by atoms with Crippen LogP contribution in [0.2, 0.25) is 0 Å². The minimum Gasteiger partial charge on any atom is -0.444 e. The maximum absolute atomic E-state index is 14.0. The average Bonchev–Trinajstić information content (AvgIpc) is 2.99. The first-order chi connectivity index (χ1) is 12.7. The minimum absolute atomic E-state index is 0.0567. The molecule has 142 valence electrons. The molecule has 3 rings (SSSR count). The van der Waals surface area contributed by atoms with Gasteiger partial charge in [0.2, 0.25) is 0 Å². The quantitative estimate of drug-likeness (QED) is 0.824. The van der Waals surface area contributed by atoms with E-state index in [0.717, 1.165) is 11.1 Å². The summed E-state index contributed by atoms with van der Waals surface area (Å²) < 4.78 is 21.2. The molecule has 1 fully saturated rings. The van der Waals surface area contributed by atoms with E-state index in [1.54, 1.807) is 23.2 Å². The number of amides is 1. The van der Waals surface area contributed by atoms with E-state index < -0.39 is 5.60 Å². The third kappa shape index (κ3) is 4.64.